The van der Waals surface area contributed by atoms with E-state index >= 15 is 0 Å². The van der Waals surface area contributed by atoms with Gasteiger partial charge in [-0.15, -0.1) is 0 Å². The second kappa shape index (κ2) is 7.83. The molecule has 0 aliphatic rings. The summed E-state index contributed by atoms with van der Waals surface area (Å²) in [6, 6.07) is 8.60. The second-order valence-electron chi connectivity index (χ2n) is 4.65. The third-order valence-corrected chi connectivity index (χ3v) is 3.39. The molecule has 0 fully saturated rings. The lowest BCUT2D eigenvalue weighted by atomic mass is 10.1. The molecule has 0 spiro atoms. The van der Waals surface area contributed by atoms with Gasteiger partial charge in [-0.25, -0.2) is 0 Å². The Labute approximate surface area is 149 Å². The first-order chi connectivity index (χ1) is 11.7. The predicted molar refractivity (Wildman–Crippen MR) is 89.4 cm³/mol. The van der Waals surface area contributed by atoms with E-state index in [-0.39, 0.29) is 27.3 Å². The molecule has 3 nitrogen and oxygen atoms in total. The highest BCUT2D eigenvalue weighted by Gasteiger charge is 2.33. The number of ether oxygens (including phenoxy) is 1. The largest absolute Gasteiger partial charge is 0.433 e. The third kappa shape index (κ3) is 5.43. The van der Waals surface area contributed by atoms with Crippen LogP contribution in [0.5, 0.6) is 5.75 Å². The summed E-state index contributed by atoms with van der Waals surface area (Å²) >= 11 is 10.8. The number of benzene rings is 2. The summed E-state index contributed by atoms with van der Waals surface area (Å²) in [6.45, 7) is -3.03. The Morgan fingerprint density at radius 3 is 2.36 bits per heavy atom. The molecule has 2 rings (SSSR count). The molecule has 10 heteroatoms. The van der Waals surface area contributed by atoms with Gasteiger partial charge in [0.05, 0.1) is 16.3 Å². The lowest BCUT2D eigenvalue weighted by molar-refractivity contribution is -0.136. The normalized spacial score (nSPS) is 11.3. The molecule has 0 bridgehead atoms. The van der Waals surface area contributed by atoms with Crippen LogP contribution in [0.4, 0.5) is 33.3 Å². The lowest BCUT2D eigenvalue weighted by Gasteiger charge is -2.16. The summed E-state index contributed by atoms with van der Waals surface area (Å²) in [5.74, 6) is -0.233. The molecule has 25 heavy (non-hydrogen) atoms. The fourth-order valence-electron chi connectivity index (χ4n) is 1.89. The summed E-state index contributed by atoms with van der Waals surface area (Å²) in [5.41, 5.74) is -0.817. The van der Waals surface area contributed by atoms with Crippen LogP contribution >= 0.6 is 23.8 Å². The minimum absolute atomic E-state index is 0.108. The van der Waals surface area contributed by atoms with Crippen molar-refractivity contribution < 1.29 is 26.7 Å². The maximum absolute atomic E-state index is 12.9. The van der Waals surface area contributed by atoms with Crippen molar-refractivity contribution in [2.45, 2.75) is 12.8 Å². The highest BCUT2D eigenvalue weighted by molar-refractivity contribution is 7.80. The van der Waals surface area contributed by atoms with Crippen molar-refractivity contribution >= 4 is 40.3 Å². The molecule has 2 aromatic rings. The average molecular weight is 397 g/mol. The number of nitrogens with one attached hydrogen (secondary N) is 2. The Hall–Kier alpha value is -2.13. The van der Waals surface area contributed by atoms with Gasteiger partial charge in [0.2, 0.25) is 0 Å². The van der Waals surface area contributed by atoms with Crippen LogP contribution in [-0.4, -0.2) is 11.7 Å². The average Bonchev–Trinajstić information content (AvgIpc) is 2.49. The van der Waals surface area contributed by atoms with Crippen LogP contribution in [-0.2, 0) is 6.18 Å². The standard InChI is InChI=1S/C15H10ClF5N2OS/c16-10-7-8(5-6-12(10)24-13(17)18)22-14(25)23-11-4-2-1-3-9(11)15(19,20)21/h1-7,13H,(H2,22,23,25). The van der Waals surface area contributed by atoms with E-state index in [4.69, 9.17) is 23.8 Å². The van der Waals surface area contributed by atoms with Gasteiger partial charge >= 0.3 is 12.8 Å². The Bertz CT molecular complexity index is 770. The summed E-state index contributed by atoms with van der Waals surface area (Å²) in [6.07, 6.45) is -4.54. The molecule has 0 aromatic heterocycles. The number of thiocarbonyl (C=S) groups is 1. The number of hydrogen-bond donors (Lipinski definition) is 2. The Morgan fingerprint density at radius 1 is 1.08 bits per heavy atom. The molecule has 0 radical (unpaired) electrons. The maximum Gasteiger partial charge on any atom is 0.418 e. The monoisotopic (exact) mass is 396 g/mol. The number of para-hydroxylation sites is 1. The number of hydrogen-bond acceptors (Lipinski definition) is 2. The molecule has 0 amide bonds. The fourth-order valence-corrected chi connectivity index (χ4v) is 2.35. The van der Waals surface area contributed by atoms with Crippen LogP contribution < -0.4 is 15.4 Å². The highest BCUT2D eigenvalue weighted by atomic mass is 35.5. The van der Waals surface area contributed by atoms with Crippen molar-refractivity contribution in [1.29, 1.82) is 0 Å². The van der Waals surface area contributed by atoms with Crippen molar-refractivity contribution in [2.24, 2.45) is 0 Å². The number of rotatable bonds is 4. The lowest BCUT2D eigenvalue weighted by Crippen LogP contribution is -2.21. The van der Waals surface area contributed by atoms with E-state index in [9.17, 15) is 22.0 Å². The van der Waals surface area contributed by atoms with Crippen LogP contribution in [0.25, 0.3) is 0 Å². The first-order valence-electron chi connectivity index (χ1n) is 6.65. The summed E-state index contributed by atoms with van der Waals surface area (Å²) in [5, 5.41) is 4.82. The quantitative estimate of drug-likeness (QED) is 0.508. The number of halogens is 6. The van der Waals surface area contributed by atoms with Crippen molar-refractivity contribution in [3.8, 4) is 5.75 Å². The summed E-state index contributed by atoms with van der Waals surface area (Å²) in [4.78, 5) is 0. The van der Waals surface area contributed by atoms with Crippen LogP contribution in [0.3, 0.4) is 0 Å². The van der Waals surface area contributed by atoms with Crippen molar-refractivity contribution in [3.05, 3.63) is 53.1 Å². The SMILES string of the molecule is FC(F)Oc1ccc(NC(=S)Nc2ccccc2C(F)(F)F)cc1Cl. The van der Waals surface area contributed by atoms with Crippen LogP contribution in [0.15, 0.2) is 42.5 Å². The minimum Gasteiger partial charge on any atom is -0.433 e. The zero-order valence-corrected chi connectivity index (χ0v) is 13.8. The molecule has 134 valence electrons. The van der Waals surface area contributed by atoms with E-state index in [1.807, 2.05) is 0 Å². The van der Waals surface area contributed by atoms with Crippen LogP contribution in [0, 0.1) is 0 Å². The highest BCUT2D eigenvalue weighted by Crippen LogP contribution is 2.34. The van der Waals surface area contributed by atoms with Gasteiger partial charge in [0, 0.05) is 5.69 Å². The molecule has 0 heterocycles. The molecule has 0 aliphatic carbocycles. The van der Waals surface area contributed by atoms with Gasteiger partial charge in [-0.3, -0.25) is 0 Å². The second-order valence-corrected chi connectivity index (χ2v) is 5.46. The number of anilines is 2. The predicted octanol–water partition coefficient (Wildman–Crippen LogP) is 5.77. The molecule has 2 aromatic carbocycles. The first kappa shape index (κ1) is 19.2. The van der Waals surface area contributed by atoms with Crippen molar-refractivity contribution in [3.63, 3.8) is 0 Å². The maximum atomic E-state index is 12.9. The first-order valence-corrected chi connectivity index (χ1v) is 7.44. The number of alkyl halides is 5. The Kier molecular flexibility index (Phi) is 6.02. The Balaban J connectivity index is 2.10. The third-order valence-electron chi connectivity index (χ3n) is 2.89. The molecule has 0 saturated heterocycles. The molecule has 2 N–H and O–H groups in total. The van der Waals surface area contributed by atoms with Gasteiger partial charge in [-0.05, 0) is 42.5 Å². The molecule has 0 atom stereocenters. The van der Waals surface area contributed by atoms with Crippen molar-refractivity contribution in [2.75, 3.05) is 10.6 Å². The molecule has 0 aliphatic heterocycles. The van der Waals surface area contributed by atoms with Gasteiger partial charge < -0.3 is 15.4 Å². The smallest absolute Gasteiger partial charge is 0.418 e. The van der Waals surface area contributed by atoms with Crippen molar-refractivity contribution in [1.82, 2.24) is 0 Å². The summed E-state index contributed by atoms with van der Waals surface area (Å²) in [7, 11) is 0. The van der Waals surface area contributed by atoms with Crippen LogP contribution in [0.1, 0.15) is 5.56 Å². The topological polar surface area (TPSA) is 33.3 Å². The summed E-state index contributed by atoms with van der Waals surface area (Å²) < 4.78 is 67.3. The van der Waals surface area contributed by atoms with Gasteiger partial charge in [-0.2, -0.15) is 22.0 Å². The van der Waals surface area contributed by atoms with E-state index < -0.39 is 18.4 Å². The van der Waals surface area contributed by atoms with Gasteiger partial charge in [0.25, 0.3) is 0 Å². The Morgan fingerprint density at radius 2 is 1.76 bits per heavy atom. The zero-order chi connectivity index (χ0) is 18.6. The fraction of sp³-hybridized carbons (Fsp3) is 0.133. The van der Waals surface area contributed by atoms with E-state index in [2.05, 4.69) is 15.4 Å². The van der Waals surface area contributed by atoms with E-state index in [0.717, 1.165) is 6.07 Å². The van der Waals surface area contributed by atoms with E-state index in [0.29, 0.717) is 0 Å². The minimum atomic E-state index is -4.54. The molecule has 0 unspecified atom stereocenters. The van der Waals surface area contributed by atoms with Gasteiger partial charge in [0.15, 0.2) is 5.11 Å². The van der Waals surface area contributed by atoms with Crippen LogP contribution in [0.2, 0.25) is 5.02 Å². The van der Waals surface area contributed by atoms with Gasteiger partial charge in [-0.1, -0.05) is 23.7 Å². The molecular weight excluding hydrogens is 387 g/mol. The zero-order valence-electron chi connectivity index (χ0n) is 12.2. The van der Waals surface area contributed by atoms with E-state index in [1.165, 1.54) is 36.4 Å². The molecule has 0 saturated carbocycles. The molecular formula is C15H10ClF5N2OS. The van der Waals surface area contributed by atoms with Gasteiger partial charge in [0.1, 0.15) is 5.75 Å². The van der Waals surface area contributed by atoms with E-state index in [1.54, 1.807) is 0 Å².